The molecule has 2 fully saturated rings. The standard InChI is InChI=1S/C21H29FN2O3/c1-21(2,3)17-11-19(25)24-18-10-14(6-9-16(17)18)23-20(26)12-27-15-7-4-13(22)5-8-15/h4-5,7-8,14,16-18H,6,9-12H2,1-3H3,(H,23,26)(H,24,25). The van der Waals surface area contributed by atoms with E-state index in [1.54, 1.807) is 0 Å². The molecule has 1 saturated heterocycles. The van der Waals surface area contributed by atoms with Crippen molar-refractivity contribution in [1.82, 2.24) is 10.6 Å². The van der Waals surface area contributed by atoms with Crippen molar-refractivity contribution >= 4 is 11.8 Å². The lowest BCUT2D eigenvalue weighted by molar-refractivity contribution is -0.130. The number of piperidine rings is 1. The van der Waals surface area contributed by atoms with Crippen LogP contribution in [0.1, 0.15) is 46.5 Å². The Hall–Kier alpha value is -2.11. The van der Waals surface area contributed by atoms with Gasteiger partial charge in [-0.3, -0.25) is 9.59 Å². The molecule has 0 spiro atoms. The predicted molar refractivity (Wildman–Crippen MR) is 101 cm³/mol. The Morgan fingerprint density at radius 1 is 1.26 bits per heavy atom. The second kappa shape index (κ2) is 7.87. The lowest BCUT2D eigenvalue weighted by atomic mass is 9.62. The number of amides is 2. The minimum atomic E-state index is -0.341. The van der Waals surface area contributed by atoms with Crippen LogP contribution in [0.2, 0.25) is 0 Å². The van der Waals surface area contributed by atoms with Gasteiger partial charge in [0.05, 0.1) is 0 Å². The molecule has 1 aliphatic carbocycles. The molecular weight excluding hydrogens is 347 g/mol. The lowest BCUT2D eigenvalue weighted by Gasteiger charge is -2.48. The van der Waals surface area contributed by atoms with E-state index in [9.17, 15) is 14.0 Å². The molecule has 27 heavy (non-hydrogen) atoms. The summed E-state index contributed by atoms with van der Waals surface area (Å²) in [6.07, 6.45) is 3.25. The topological polar surface area (TPSA) is 67.4 Å². The molecule has 0 radical (unpaired) electrons. The smallest absolute Gasteiger partial charge is 0.258 e. The van der Waals surface area contributed by atoms with Crippen molar-refractivity contribution in [2.45, 2.75) is 58.5 Å². The van der Waals surface area contributed by atoms with Crippen molar-refractivity contribution in [3.8, 4) is 5.75 Å². The van der Waals surface area contributed by atoms with E-state index in [0.29, 0.717) is 24.0 Å². The van der Waals surface area contributed by atoms with Gasteiger partial charge < -0.3 is 15.4 Å². The number of carbonyl (C=O) groups is 2. The maximum Gasteiger partial charge on any atom is 0.258 e. The summed E-state index contributed by atoms with van der Waals surface area (Å²) in [6.45, 7) is 6.50. The summed E-state index contributed by atoms with van der Waals surface area (Å²) in [5.41, 5.74) is 0.0970. The van der Waals surface area contributed by atoms with Gasteiger partial charge >= 0.3 is 0 Å². The average Bonchev–Trinajstić information content (AvgIpc) is 2.59. The number of hydrogen-bond acceptors (Lipinski definition) is 3. The van der Waals surface area contributed by atoms with Crippen molar-refractivity contribution in [3.63, 3.8) is 0 Å². The van der Waals surface area contributed by atoms with E-state index in [1.165, 1.54) is 24.3 Å². The van der Waals surface area contributed by atoms with Gasteiger partial charge in [0.1, 0.15) is 11.6 Å². The van der Waals surface area contributed by atoms with E-state index >= 15 is 0 Å². The second-order valence-corrected chi connectivity index (χ2v) is 8.83. The Kier molecular flexibility index (Phi) is 5.72. The third-order valence-electron chi connectivity index (χ3n) is 5.83. The van der Waals surface area contributed by atoms with Gasteiger partial charge in [-0.2, -0.15) is 0 Å². The summed E-state index contributed by atoms with van der Waals surface area (Å²) in [4.78, 5) is 24.3. The molecule has 148 valence electrons. The van der Waals surface area contributed by atoms with Crippen molar-refractivity contribution in [2.24, 2.45) is 17.3 Å². The Morgan fingerprint density at radius 2 is 1.96 bits per heavy atom. The SMILES string of the molecule is CC(C)(C)C1CC(=O)NC2CC(NC(=O)COc3ccc(F)cc3)CCC21. The van der Waals surface area contributed by atoms with Gasteiger partial charge in [0.2, 0.25) is 5.91 Å². The summed E-state index contributed by atoms with van der Waals surface area (Å²) in [5, 5.41) is 6.14. The van der Waals surface area contributed by atoms with Gasteiger partial charge in [0.15, 0.2) is 6.61 Å². The summed E-state index contributed by atoms with van der Waals surface area (Å²) in [6, 6.07) is 5.75. The molecule has 2 aliphatic rings. The fourth-order valence-electron chi connectivity index (χ4n) is 4.49. The molecule has 2 amide bonds. The zero-order chi connectivity index (χ0) is 19.6. The minimum Gasteiger partial charge on any atom is -0.484 e. The monoisotopic (exact) mass is 376 g/mol. The zero-order valence-electron chi connectivity index (χ0n) is 16.3. The Morgan fingerprint density at radius 3 is 2.63 bits per heavy atom. The number of ether oxygens (including phenoxy) is 1. The van der Waals surface area contributed by atoms with E-state index < -0.39 is 0 Å². The Balaban J connectivity index is 1.52. The maximum absolute atomic E-state index is 12.9. The van der Waals surface area contributed by atoms with E-state index in [4.69, 9.17) is 4.74 Å². The first-order valence-corrected chi connectivity index (χ1v) is 9.69. The normalized spacial score (nSPS) is 28.1. The van der Waals surface area contributed by atoms with Crippen LogP contribution in [0.25, 0.3) is 0 Å². The first kappa shape index (κ1) is 19.6. The maximum atomic E-state index is 12.9. The van der Waals surface area contributed by atoms with Crippen LogP contribution in [0.15, 0.2) is 24.3 Å². The molecule has 2 N–H and O–H groups in total. The van der Waals surface area contributed by atoms with Crippen LogP contribution >= 0.6 is 0 Å². The largest absolute Gasteiger partial charge is 0.484 e. The van der Waals surface area contributed by atoms with Crippen molar-refractivity contribution in [3.05, 3.63) is 30.1 Å². The molecule has 5 nitrogen and oxygen atoms in total. The minimum absolute atomic E-state index is 0.0367. The van der Waals surface area contributed by atoms with Crippen LogP contribution in [0, 0.1) is 23.1 Å². The van der Waals surface area contributed by atoms with Crippen LogP contribution in [0.5, 0.6) is 5.75 Å². The summed E-state index contributed by atoms with van der Waals surface area (Å²) in [7, 11) is 0. The molecule has 1 heterocycles. The van der Waals surface area contributed by atoms with Crippen LogP contribution in [0.4, 0.5) is 4.39 Å². The highest BCUT2D eigenvalue weighted by Crippen LogP contribution is 2.44. The third kappa shape index (κ3) is 4.99. The fourth-order valence-corrected chi connectivity index (χ4v) is 4.49. The van der Waals surface area contributed by atoms with E-state index in [0.717, 1.165) is 19.3 Å². The van der Waals surface area contributed by atoms with Crippen LogP contribution in [0.3, 0.4) is 0 Å². The molecule has 1 aromatic rings. The van der Waals surface area contributed by atoms with E-state index in [-0.39, 0.29) is 41.7 Å². The number of carbonyl (C=O) groups excluding carboxylic acids is 2. The first-order chi connectivity index (χ1) is 12.7. The quantitative estimate of drug-likeness (QED) is 0.849. The number of fused-ring (bicyclic) bond motifs is 1. The average molecular weight is 376 g/mol. The number of hydrogen-bond donors (Lipinski definition) is 2. The highest BCUT2D eigenvalue weighted by Gasteiger charge is 2.45. The summed E-state index contributed by atoms with van der Waals surface area (Å²) < 4.78 is 18.3. The number of rotatable bonds is 4. The predicted octanol–water partition coefficient (Wildman–Crippen LogP) is 3.04. The number of benzene rings is 1. The molecule has 1 aliphatic heterocycles. The highest BCUT2D eigenvalue weighted by atomic mass is 19.1. The zero-order valence-corrected chi connectivity index (χ0v) is 16.3. The van der Waals surface area contributed by atoms with Crippen molar-refractivity contribution < 1.29 is 18.7 Å². The molecular formula is C21H29FN2O3. The van der Waals surface area contributed by atoms with Gasteiger partial charge in [-0.15, -0.1) is 0 Å². The molecule has 4 unspecified atom stereocenters. The van der Waals surface area contributed by atoms with E-state index in [2.05, 4.69) is 31.4 Å². The molecule has 0 bridgehead atoms. The Labute approximate surface area is 160 Å². The third-order valence-corrected chi connectivity index (χ3v) is 5.83. The van der Waals surface area contributed by atoms with Crippen molar-refractivity contribution in [2.75, 3.05) is 6.61 Å². The van der Waals surface area contributed by atoms with Crippen molar-refractivity contribution in [1.29, 1.82) is 0 Å². The van der Waals surface area contributed by atoms with Gasteiger partial charge in [0, 0.05) is 18.5 Å². The lowest BCUT2D eigenvalue weighted by Crippen LogP contribution is -2.57. The summed E-state index contributed by atoms with van der Waals surface area (Å²) in [5.74, 6) is 0.871. The van der Waals surface area contributed by atoms with Gasteiger partial charge in [-0.25, -0.2) is 4.39 Å². The first-order valence-electron chi connectivity index (χ1n) is 9.69. The van der Waals surface area contributed by atoms with Crippen LogP contribution in [-0.2, 0) is 9.59 Å². The molecule has 0 aromatic heterocycles. The van der Waals surface area contributed by atoms with Gasteiger partial charge in [-0.05, 0) is 60.8 Å². The fraction of sp³-hybridized carbons (Fsp3) is 0.619. The van der Waals surface area contributed by atoms with Gasteiger partial charge in [0.25, 0.3) is 5.91 Å². The number of nitrogens with one attached hydrogen (secondary N) is 2. The van der Waals surface area contributed by atoms with Gasteiger partial charge in [-0.1, -0.05) is 20.8 Å². The Bertz CT molecular complexity index is 684. The molecule has 3 rings (SSSR count). The molecule has 1 aromatic carbocycles. The van der Waals surface area contributed by atoms with E-state index in [1.807, 2.05) is 0 Å². The molecule has 4 atom stereocenters. The molecule has 6 heteroatoms. The molecule has 1 saturated carbocycles. The van der Waals surface area contributed by atoms with Crippen LogP contribution in [-0.4, -0.2) is 30.5 Å². The summed E-state index contributed by atoms with van der Waals surface area (Å²) >= 11 is 0. The number of halogens is 1. The second-order valence-electron chi connectivity index (χ2n) is 8.83. The van der Waals surface area contributed by atoms with Crippen LogP contribution < -0.4 is 15.4 Å². The highest BCUT2D eigenvalue weighted by molar-refractivity contribution is 5.78.